The fraction of sp³-hybridized carbons (Fsp3) is 0.833. The zero-order chi connectivity index (χ0) is 12.0. The standard InChI is InChI=1S/C12H22N2O2/c1-3-8-13-10(4-2)9-14-11(15)6-5-7-12(14)16/h10,13H,3-9H2,1-2H3. The Labute approximate surface area is 97.4 Å². The van der Waals surface area contributed by atoms with Crippen molar-refractivity contribution < 1.29 is 9.59 Å². The van der Waals surface area contributed by atoms with Crippen LogP contribution in [0.15, 0.2) is 0 Å². The van der Waals surface area contributed by atoms with Gasteiger partial charge in [-0.05, 0) is 25.8 Å². The zero-order valence-electron chi connectivity index (χ0n) is 10.3. The van der Waals surface area contributed by atoms with E-state index in [9.17, 15) is 9.59 Å². The van der Waals surface area contributed by atoms with Gasteiger partial charge in [0.15, 0.2) is 0 Å². The molecule has 4 heteroatoms. The van der Waals surface area contributed by atoms with Crippen molar-refractivity contribution in [2.24, 2.45) is 0 Å². The van der Waals surface area contributed by atoms with Gasteiger partial charge in [0.2, 0.25) is 11.8 Å². The molecule has 1 atom stereocenters. The molecule has 1 heterocycles. The summed E-state index contributed by atoms with van der Waals surface area (Å²) in [5, 5.41) is 3.36. The number of nitrogens with one attached hydrogen (secondary N) is 1. The summed E-state index contributed by atoms with van der Waals surface area (Å²) in [6.45, 7) is 5.66. The van der Waals surface area contributed by atoms with E-state index in [1.807, 2.05) is 0 Å². The number of rotatable bonds is 6. The molecule has 0 aromatic rings. The van der Waals surface area contributed by atoms with Gasteiger partial charge < -0.3 is 5.32 Å². The molecule has 1 saturated heterocycles. The maximum absolute atomic E-state index is 11.6. The number of hydrogen-bond donors (Lipinski definition) is 1. The average molecular weight is 226 g/mol. The summed E-state index contributed by atoms with van der Waals surface area (Å²) >= 11 is 0. The highest BCUT2D eigenvalue weighted by molar-refractivity contribution is 5.97. The number of piperidine rings is 1. The van der Waals surface area contributed by atoms with E-state index in [1.165, 1.54) is 4.90 Å². The van der Waals surface area contributed by atoms with Crippen LogP contribution in [0.4, 0.5) is 0 Å². The second-order valence-electron chi connectivity index (χ2n) is 4.31. The maximum Gasteiger partial charge on any atom is 0.229 e. The van der Waals surface area contributed by atoms with Gasteiger partial charge in [0.1, 0.15) is 0 Å². The van der Waals surface area contributed by atoms with Crippen molar-refractivity contribution in [1.82, 2.24) is 10.2 Å². The highest BCUT2D eigenvalue weighted by atomic mass is 16.2. The highest BCUT2D eigenvalue weighted by Gasteiger charge is 2.27. The first kappa shape index (κ1) is 13.2. The van der Waals surface area contributed by atoms with E-state index >= 15 is 0 Å². The molecular formula is C12H22N2O2. The third-order valence-corrected chi connectivity index (χ3v) is 2.96. The molecule has 2 amide bonds. The van der Waals surface area contributed by atoms with Crippen LogP contribution in [0.2, 0.25) is 0 Å². The van der Waals surface area contributed by atoms with Crippen LogP contribution >= 0.6 is 0 Å². The number of imide groups is 1. The van der Waals surface area contributed by atoms with E-state index in [0.717, 1.165) is 19.4 Å². The Morgan fingerprint density at radius 1 is 1.25 bits per heavy atom. The molecule has 0 aromatic carbocycles. The second-order valence-corrected chi connectivity index (χ2v) is 4.31. The maximum atomic E-state index is 11.6. The molecule has 0 bridgehead atoms. The van der Waals surface area contributed by atoms with Crippen molar-refractivity contribution in [2.75, 3.05) is 13.1 Å². The Hall–Kier alpha value is -0.900. The summed E-state index contributed by atoms with van der Waals surface area (Å²) in [6.07, 6.45) is 3.77. The fourth-order valence-electron chi connectivity index (χ4n) is 1.91. The first-order chi connectivity index (χ1) is 7.69. The number of carbonyl (C=O) groups is 2. The smallest absolute Gasteiger partial charge is 0.229 e. The normalized spacial score (nSPS) is 19.0. The Bertz CT molecular complexity index is 237. The van der Waals surface area contributed by atoms with E-state index in [2.05, 4.69) is 19.2 Å². The van der Waals surface area contributed by atoms with Crippen molar-refractivity contribution >= 4 is 11.8 Å². The summed E-state index contributed by atoms with van der Waals surface area (Å²) in [5.74, 6) is -0.0130. The lowest BCUT2D eigenvalue weighted by atomic mass is 10.1. The lowest BCUT2D eigenvalue weighted by Gasteiger charge is -2.29. The minimum Gasteiger partial charge on any atom is -0.312 e. The molecule has 0 saturated carbocycles. The Morgan fingerprint density at radius 2 is 1.88 bits per heavy atom. The molecule has 0 radical (unpaired) electrons. The van der Waals surface area contributed by atoms with Crippen molar-refractivity contribution in [3.63, 3.8) is 0 Å². The number of likely N-dealkylation sites (tertiary alicyclic amines) is 1. The average Bonchev–Trinajstić information content (AvgIpc) is 2.28. The summed E-state index contributed by atoms with van der Waals surface area (Å²) in [7, 11) is 0. The van der Waals surface area contributed by atoms with Gasteiger partial charge in [0, 0.05) is 25.4 Å². The van der Waals surface area contributed by atoms with Gasteiger partial charge >= 0.3 is 0 Å². The summed E-state index contributed by atoms with van der Waals surface area (Å²) < 4.78 is 0. The molecule has 1 unspecified atom stereocenters. The van der Waals surface area contributed by atoms with Gasteiger partial charge in [-0.2, -0.15) is 0 Å². The third kappa shape index (κ3) is 3.59. The Morgan fingerprint density at radius 3 is 2.38 bits per heavy atom. The Balaban J connectivity index is 2.48. The molecule has 1 aliphatic heterocycles. The molecule has 1 aliphatic rings. The van der Waals surface area contributed by atoms with Gasteiger partial charge in [-0.1, -0.05) is 13.8 Å². The molecule has 0 aliphatic carbocycles. The lowest BCUT2D eigenvalue weighted by Crippen LogP contribution is -2.48. The van der Waals surface area contributed by atoms with E-state index in [-0.39, 0.29) is 17.9 Å². The number of carbonyl (C=O) groups excluding carboxylic acids is 2. The summed E-state index contributed by atoms with van der Waals surface area (Å²) in [6, 6.07) is 0.242. The minimum absolute atomic E-state index is 0.00648. The summed E-state index contributed by atoms with van der Waals surface area (Å²) in [5.41, 5.74) is 0. The van der Waals surface area contributed by atoms with Gasteiger partial charge in [-0.3, -0.25) is 14.5 Å². The molecule has 1 rings (SSSR count). The van der Waals surface area contributed by atoms with Crippen molar-refractivity contribution in [1.29, 1.82) is 0 Å². The largest absolute Gasteiger partial charge is 0.312 e. The van der Waals surface area contributed by atoms with Crippen LogP contribution in [-0.2, 0) is 9.59 Å². The number of nitrogens with zero attached hydrogens (tertiary/aromatic N) is 1. The molecule has 16 heavy (non-hydrogen) atoms. The van der Waals surface area contributed by atoms with Crippen LogP contribution in [0.1, 0.15) is 46.0 Å². The molecule has 4 nitrogen and oxygen atoms in total. The topological polar surface area (TPSA) is 49.4 Å². The number of amides is 2. The molecule has 0 aromatic heterocycles. The quantitative estimate of drug-likeness (QED) is 0.695. The fourth-order valence-corrected chi connectivity index (χ4v) is 1.91. The SMILES string of the molecule is CCCNC(CC)CN1C(=O)CCCC1=O. The molecular weight excluding hydrogens is 204 g/mol. The first-order valence-electron chi connectivity index (χ1n) is 6.25. The number of hydrogen-bond acceptors (Lipinski definition) is 3. The van der Waals surface area contributed by atoms with Crippen LogP contribution in [-0.4, -0.2) is 35.8 Å². The monoisotopic (exact) mass is 226 g/mol. The Kier molecular flexibility index (Phi) is 5.46. The predicted octanol–water partition coefficient (Wildman–Crippen LogP) is 1.30. The van der Waals surface area contributed by atoms with Crippen LogP contribution < -0.4 is 5.32 Å². The van der Waals surface area contributed by atoms with Gasteiger partial charge in [-0.15, -0.1) is 0 Å². The van der Waals surface area contributed by atoms with Crippen molar-refractivity contribution in [3.8, 4) is 0 Å². The zero-order valence-corrected chi connectivity index (χ0v) is 10.3. The van der Waals surface area contributed by atoms with Crippen LogP contribution in [0, 0.1) is 0 Å². The van der Waals surface area contributed by atoms with Gasteiger partial charge in [-0.25, -0.2) is 0 Å². The second kappa shape index (κ2) is 6.63. The van der Waals surface area contributed by atoms with Crippen molar-refractivity contribution in [3.05, 3.63) is 0 Å². The molecule has 1 N–H and O–H groups in total. The highest BCUT2D eigenvalue weighted by Crippen LogP contribution is 2.13. The van der Waals surface area contributed by atoms with Crippen LogP contribution in [0.3, 0.4) is 0 Å². The van der Waals surface area contributed by atoms with Gasteiger partial charge in [0.25, 0.3) is 0 Å². The van der Waals surface area contributed by atoms with E-state index in [1.54, 1.807) is 0 Å². The summed E-state index contributed by atoms with van der Waals surface area (Å²) in [4.78, 5) is 24.6. The predicted molar refractivity (Wildman–Crippen MR) is 62.9 cm³/mol. The van der Waals surface area contributed by atoms with Crippen molar-refractivity contribution in [2.45, 2.75) is 52.0 Å². The van der Waals surface area contributed by atoms with Crippen LogP contribution in [0.25, 0.3) is 0 Å². The minimum atomic E-state index is -0.00648. The van der Waals surface area contributed by atoms with Gasteiger partial charge in [0.05, 0.1) is 0 Å². The van der Waals surface area contributed by atoms with E-state index in [0.29, 0.717) is 25.8 Å². The van der Waals surface area contributed by atoms with Crippen LogP contribution in [0.5, 0.6) is 0 Å². The van der Waals surface area contributed by atoms with E-state index < -0.39 is 0 Å². The molecule has 1 fully saturated rings. The van der Waals surface area contributed by atoms with E-state index in [4.69, 9.17) is 0 Å². The molecule has 0 spiro atoms. The third-order valence-electron chi connectivity index (χ3n) is 2.96. The molecule has 92 valence electrons. The first-order valence-corrected chi connectivity index (χ1v) is 6.25. The lowest BCUT2D eigenvalue weighted by molar-refractivity contribution is -0.148.